The molecule has 130 valence electrons. The van der Waals surface area contributed by atoms with E-state index < -0.39 is 24.0 Å². The number of tetrazole rings is 1. The fourth-order valence-electron chi connectivity index (χ4n) is 2.23. The van der Waals surface area contributed by atoms with Crippen LogP contribution in [0.2, 0.25) is 0 Å². The maximum atomic E-state index is 13.4. The number of benzene rings is 1. The number of aromatic nitrogens is 5. The zero-order valence-electron chi connectivity index (χ0n) is 12.9. The van der Waals surface area contributed by atoms with Gasteiger partial charge < -0.3 is 4.74 Å². The molecule has 0 saturated heterocycles. The van der Waals surface area contributed by atoms with Crippen molar-refractivity contribution in [2.75, 3.05) is 0 Å². The van der Waals surface area contributed by atoms with Gasteiger partial charge in [0.25, 0.3) is 0 Å². The molecule has 1 aromatic carbocycles. The van der Waals surface area contributed by atoms with Gasteiger partial charge >= 0.3 is 11.9 Å². The number of hydrogen-bond acceptors (Lipinski definition) is 5. The van der Waals surface area contributed by atoms with Crippen LogP contribution in [-0.4, -0.2) is 24.8 Å². The van der Waals surface area contributed by atoms with Crippen LogP contribution in [0, 0.1) is 0 Å². The number of aryl methyl sites for hydroxylation is 1. The Balaban J connectivity index is 2.09. The molecule has 3 rings (SSSR count). The molecule has 3 aromatic rings. The van der Waals surface area contributed by atoms with Crippen LogP contribution in [-0.2, 0) is 19.8 Å². The van der Waals surface area contributed by atoms with Crippen molar-refractivity contribution in [2.45, 2.75) is 12.8 Å². The van der Waals surface area contributed by atoms with Crippen molar-refractivity contribution in [2.24, 2.45) is 7.05 Å². The van der Waals surface area contributed by atoms with Gasteiger partial charge in [-0.3, -0.25) is 0 Å². The van der Waals surface area contributed by atoms with E-state index in [-0.39, 0.29) is 17.1 Å². The van der Waals surface area contributed by atoms with Gasteiger partial charge in [0.05, 0.1) is 11.3 Å². The predicted molar refractivity (Wildman–Crippen MR) is 80.2 cm³/mol. The van der Waals surface area contributed by atoms with Crippen molar-refractivity contribution in [3.63, 3.8) is 0 Å². The van der Waals surface area contributed by atoms with Crippen molar-refractivity contribution in [3.8, 4) is 11.6 Å². The van der Waals surface area contributed by atoms with Crippen LogP contribution in [0.1, 0.15) is 11.1 Å². The van der Waals surface area contributed by atoms with Gasteiger partial charge in [0.1, 0.15) is 6.61 Å². The summed E-state index contributed by atoms with van der Waals surface area (Å²) in [4.78, 5) is 15.9. The zero-order chi connectivity index (χ0) is 18.0. The first-order valence-electron chi connectivity index (χ1n) is 7.10. The highest BCUT2D eigenvalue weighted by molar-refractivity contribution is 5.46. The zero-order valence-corrected chi connectivity index (χ0v) is 12.9. The fourth-order valence-corrected chi connectivity index (χ4v) is 2.23. The minimum Gasteiger partial charge on any atom is -0.473 e. The van der Waals surface area contributed by atoms with Gasteiger partial charge in [0, 0.05) is 24.9 Å². The summed E-state index contributed by atoms with van der Waals surface area (Å²) in [6, 6.07) is 8.28. The van der Waals surface area contributed by atoms with Crippen LogP contribution < -0.4 is 10.4 Å². The summed E-state index contributed by atoms with van der Waals surface area (Å²) in [5.41, 5.74) is -1.87. The normalized spacial score (nSPS) is 11.5. The van der Waals surface area contributed by atoms with Crippen molar-refractivity contribution < 1.29 is 17.9 Å². The average Bonchev–Trinajstić information content (AvgIpc) is 2.92. The fraction of sp³-hybridized carbons (Fsp3) is 0.200. The molecule has 7 nitrogen and oxygen atoms in total. The molecular formula is C15H12F3N5O2. The first kappa shape index (κ1) is 16.7. The molecular weight excluding hydrogens is 339 g/mol. The topological polar surface area (TPSA) is 74.8 Å². The molecule has 2 aromatic heterocycles. The second kappa shape index (κ2) is 6.38. The minimum absolute atomic E-state index is 0.0520. The number of ether oxygens (including phenoxy) is 1. The Morgan fingerprint density at radius 3 is 2.52 bits per heavy atom. The molecule has 0 radical (unpaired) electrons. The largest absolute Gasteiger partial charge is 0.473 e. The highest BCUT2D eigenvalue weighted by atomic mass is 19.4. The molecule has 0 N–H and O–H groups in total. The molecule has 0 aliphatic heterocycles. The van der Waals surface area contributed by atoms with Gasteiger partial charge in [-0.15, -0.1) is 0 Å². The lowest BCUT2D eigenvalue weighted by molar-refractivity contribution is -0.138. The smallest absolute Gasteiger partial charge is 0.416 e. The van der Waals surface area contributed by atoms with Gasteiger partial charge in [0.2, 0.25) is 5.88 Å². The summed E-state index contributed by atoms with van der Waals surface area (Å²) < 4.78 is 47.2. The van der Waals surface area contributed by atoms with E-state index in [9.17, 15) is 18.0 Å². The van der Waals surface area contributed by atoms with Gasteiger partial charge in [-0.25, -0.2) is 9.78 Å². The highest BCUT2D eigenvalue weighted by Crippen LogP contribution is 2.34. The van der Waals surface area contributed by atoms with Crippen molar-refractivity contribution in [1.82, 2.24) is 24.8 Å². The Morgan fingerprint density at radius 1 is 1.12 bits per heavy atom. The monoisotopic (exact) mass is 351 g/mol. The van der Waals surface area contributed by atoms with Crippen LogP contribution in [0.4, 0.5) is 13.2 Å². The van der Waals surface area contributed by atoms with Gasteiger partial charge in [-0.2, -0.15) is 22.5 Å². The number of nitrogens with zero attached hydrogens (tertiary/aromatic N) is 5. The first-order valence-corrected chi connectivity index (χ1v) is 7.10. The molecule has 0 saturated carbocycles. The van der Waals surface area contributed by atoms with E-state index in [1.807, 2.05) is 0 Å². The molecule has 0 aliphatic rings. The van der Waals surface area contributed by atoms with Crippen LogP contribution in [0.25, 0.3) is 5.69 Å². The average molecular weight is 351 g/mol. The summed E-state index contributed by atoms with van der Waals surface area (Å²) in [6.07, 6.45) is -3.16. The maximum absolute atomic E-state index is 13.4. The second-order valence-corrected chi connectivity index (χ2v) is 5.05. The number of pyridine rings is 1. The van der Waals surface area contributed by atoms with Crippen LogP contribution in [0.5, 0.6) is 5.88 Å². The molecule has 0 unspecified atom stereocenters. The first-order chi connectivity index (χ1) is 11.9. The Hall–Kier alpha value is -3.17. The van der Waals surface area contributed by atoms with E-state index in [2.05, 4.69) is 15.4 Å². The van der Waals surface area contributed by atoms with E-state index in [1.165, 1.54) is 31.4 Å². The van der Waals surface area contributed by atoms with Gasteiger partial charge in [-0.1, -0.05) is 12.1 Å². The Bertz CT molecular complexity index is 934. The van der Waals surface area contributed by atoms with Crippen molar-refractivity contribution in [1.29, 1.82) is 0 Å². The maximum Gasteiger partial charge on any atom is 0.416 e. The molecule has 0 bridgehead atoms. The van der Waals surface area contributed by atoms with E-state index in [1.54, 1.807) is 12.1 Å². The lowest BCUT2D eigenvalue weighted by atomic mass is 10.1. The number of alkyl halides is 3. The summed E-state index contributed by atoms with van der Waals surface area (Å²) in [5.74, 6) is 0.164. The third-order valence-corrected chi connectivity index (χ3v) is 3.41. The standard InChI is InChI=1S/C15H12F3N5O2/c1-22-14(24)23(21-20-22)12-6-4-5-11(15(16,17)18)10(12)9-25-13-7-2-3-8-19-13/h2-8H,9H2,1H3. The molecule has 0 aliphatic carbocycles. The summed E-state index contributed by atoms with van der Waals surface area (Å²) in [5, 5.41) is 7.13. The molecule has 0 amide bonds. The Kier molecular flexibility index (Phi) is 4.26. The quantitative estimate of drug-likeness (QED) is 0.718. The molecule has 25 heavy (non-hydrogen) atoms. The molecule has 2 heterocycles. The van der Waals surface area contributed by atoms with E-state index in [0.29, 0.717) is 0 Å². The van der Waals surface area contributed by atoms with E-state index in [4.69, 9.17) is 4.74 Å². The molecule has 10 heteroatoms. The number of halogens is 3. The summed E-state index contributed by atoms with van der Waals surface area (Å²) in [7, 11) is 1.35. The van der Waals surface area contributed by atoms with E-state index >= 15 is 0 Å². The van der Waals surface area contributed by atoms with Crippen LogP contribution in [0.15, 0.2) is 47.4 Å². The van der Waals surface area contributed by atoms with Crippen molar-refractivity contribution in [3.05, 3.63) is 64.2 Å². The predicted octanol–water partition coefficient (Wildman–Crippen LogP) is 1.96. The van der Waals surface area contributed by atoms with Crippen LogP contribution in [0.3, 0.4) is 0 Å². The third kappa shape index (κ3) is 3.37. The molecule has 0 spiro atoms. The van der Waals surface area contributed by atoms with E-state index in [0.717, 1.165) is 15.4 Å². The van der Waals surface area contributed by atoms with Gasteiger partial charge in [0.15, 0.2) is 0 Å². The number of rotatable bonds is 4. The third-order valence-electron chi connectivity index (χ3n) is 3.41. The summed E-state index contributed by atoms with van der Waals surface area (Å²) >= 11 is 0. The van der Waals surface area contributed by atoms with Crippen LogP contribution >= 0.6 is 0 Å². The number of hydrogen-bond donors (Lipinski definition) is 0. The summed E-state index contributed by atoms with van der Waals surface area (Å²) in [6.45, 7) is -0.439. The Labute approximate surface area is 139 Å². The molecule has 0 fully saturated rings. The minimum atomic E-state index is -4.62. The lowest BCUT2D eigenvalue weighted by Gasteiger charge is -2.16. The van der Waals surface area contributed by atoms with Gasteiger partial charge in [-0.05, 0) is 28.6 Å². The van der Waals surface area contributed by atoms with Crippen molar-refractivity contribution >= 4 is 0 Å². The molecule has 0 atom stereocenters. The highest BCUT2D eigenvalue weighted by Gasteiger charge is 2.35. The Morgan fingerprint density at radius 2 is 1.92 bits per heavy atom. The lowest BCUT2D eigenvalue weighted by Crippen LogP contribution is -2.24. The SMILES string of the molecule is Cn1nnn(-c2cccc(C(F)(F)F)c2COc2ccccn2)c1=O. The second-order valence-electron chi connectivity index (χ2n) is 5.05.